The summed E-state index contributed by atoms with van der Waals surface area (Å²) in [7, 11) is 1.49. The van der Waals surface area contributed by atoms with Gasteiger partial charge in [0.05, 0.1) is 7.11 Å². The minimum Gasteiger partial charge on any atom is -0.493 e. The minimum atomic E-state index is -2.85. The Morgan fingerprint density at radius 3 is 2.62 bits per heavy atom. The zero-order chi connectivity index (χ0) is 21.1. The highest BCUT2D eigenvalue weighted by Gasteiger charge is 2.06. The fourth-order valence-corrected chi connectivity index (χ4v) is 2.42. The lowest BCUT2D eigenvalue weighted by molar-refractivity contribution is -0.116. The van der Waals surface area contributed by atoms with Gasteiger partial charge in [-0.25, -0.2) is 0 Å². The highest BCUT2D eigenvalue weighted by molar-refractivity contribution is 5.91. The summed E-state index contributed by atoms with van der Waals surface area (Å²) in [5, 5.41) is 11.3. The Balaban J connectivity index is 1.83. The van der Waals surface area contributed by atoms with Crippen LogP contribution in [0.3, 0.4) is 0 Å². The lowest BCUT2D eigenvalue weighted by atomic mass is 10.1. The van der Waals surface area contributed by atoms with Crippen molar-refractivity contribution >= 4 is 12.0 Å². The van der Waals surface area contributed by atoms with Gasteiger partial charge >= 0.3 is 6.61 Å². The third-order valence-corrected chi connectivity index (χ3v) is 3.77. The van der Waals surface area contributed by atoms with Gasteiger partial charge in [0.15, 0.2) is 18.1 Å². The molecule has 0 aliphatic rings. The number of amides is 1. The van der Waals surface area contributed by atoms with E-state index in [1.165, 1.54) is 25.3 Å². The summed E-state index contributed by atoms with van der Waals surface area (Å²) in [6.45, 7) is -2.55. The Bertz CT molecular complexity index is 877. The van der Waals surface area contributed by atoms with Crippen molar-refractivity contribution < 1.29 is 27.8 Å². The molecule has 152 valence electrons. The number of nitrogens with one attached hydrogen (secondary N) is 1. The standard InChI is InChI=1S/C21H20F2N2O4/c1-27-19-14-16(4-8-18(19)28-13-11-24)5-9-20(26)25-12-10-15-2-6-17(7-3-15)29-21(22)23/h2-9,14,21H,10,12-13H2,1H3,(H,25,26)/b9-5+. The summed E-state index contributed by atoms with van der Waals surface area (Å²) in [4.78, 5) is 12.0. The molecule has 1 N–H and O–H groups in total. The van der Waals surface area contributed by atoms with E-state index in [9.17, 15) is 13.6 Å². The van der Waals surface area contributed by atoms with Gasteiger partial charge in [0.1, 0.15) is 11.8 Å². The molecule has 2 aromatic rings. The summed E-state index contributed by atoms with van der Waals surface area (Å²) in [6, 6.07) is 13.2. The van der Waals surface area contributed by atoms with Gasteiger partial charge in [-0.2, -0.15) is 14.0 Å². The molecule has 1 amide bonds. The second-order valence-corrected chi connectivity index (χ2v) is 5.75. The van der Waals surface area contributed by atoms with Crippen molar-refractivity contribution in [3.05, 3.63) is 59.7 Å². The molecule has 0 fully saturated rings. The molecular formula is C21H20F2N2O4. The first kappa shape index (κ1) is 21.7. The lowest BCUT2D eigenvalue weighted by Crippen LogP contribution is -2.23. The monoisotopic (exact) mass is 402 g/mol. The maximum absolute atomic E-state index is 12.1. The molecule has 0 heterocycles. The van der Waals surface area contributed by atoms with Gasteiger partial charge in [-0.05, 0) is 47.9 Å². The molecule has 0 aliphatic carbocycles. The SMILES string of the molecule is COc1cc(/C=C/C(=O)NCCc2ccc(OC(F)F)cc2)ccc1OCC#N. The first-order valence-electron chi connectivity index (χ1n) is 8.69. The average molecular weight is 402 g/mol. The highest BCUT2D eigenvalue weighted by Crippen LogP contribution is 2.28. The van der Waals surface area contributed by atoms with E-state index in [2.05, 4.69) is 10.1 Å². The average Bonchev–Trinajstić information content (AvgIpc) is 2.71. The Morgan fingerprint density at radius 1 is 1.21 bits per heavy atom. The number of hydrogen-bond acceptors (Lipinski definition) is 5. The van der Waals surface area contributed by atoms with Crippen LogP contribution in [0.4, 0.5) is 8.78 Å². The lowest BCUT2D eigenvalue weighted by Gasteiger charge is -2.08. The van der Waals surface area contributed by atoms with Crippen LogP contribution >= 0.6 is 0 Å². The van der Waals surface area contributed by atoms with Crippen molar-refractivity contribution in [2.24, 2.45) is 0 Å². The fourth-order valence-electron chi connectivity index (χ4n) is 2.42. The summed E-state index contributed by atoms with van der Waals surface area (Å²) in [5.41, 5.74) is 1.62. The van der Waals surface area contributed by atoms with Crippen LogP contribution in [0.5, 0.6) is 17.2 Å². The topological polar surface area (TPSA) is 80.6 Å². The van der Waals surface area contributed by atoms with Crippen LogP contribution in [0.15, 0.2) is 48.5 Å². The molecule has 0 bridgehead atoms. The predicted octanol–water partition coefficient (Wildman–Crippen LogP) is 3.57. The fraction of sp³-hybridized carbons (Fsp3) is 0.238. The second kappa shape index (κ2) is 11.3. The molecule has 29 heavy (non-hydrogen) atoms. The van der Waals surface area contributed by atoms with Crippen molar-refractivity contribution in [2.75, 3.05) is 20.3 Å². The predicted molar refractivity (Wildman–Crippen MR) is 103 cm³/mol. The Morgan fingerprint density at radius 2 is 1.97 bits per heavy atom. The quantitative estimate of drug-likeness (QED) is 0.615. The number of alkyl halides is 2. The molecule has 2 rings (SSSR count). The van der Waals surface area contributed by atoms with E-state index in [0.717, 1.165) is 11.1 Å². The van der Waals surface area contributed by atoms with Crippen molar-refractivity contribution in [1.29, 1.82) is 5.26 Å². The molecule has 0 atom stereocenters. The number of nitriles is 1. The van der Waals surface area contributed by atoms with Crippen LogP contribution in [0.25, 0.3) is 6.08 Å². The zero-order valence-corrected chi connectivity index (χ0v) is 15.7. The van der Waals surface area contributed by atoms with Crippen LogP contribution in [0.1, 0.15) is 11.1 Å². The van der Waals surface area contributed by atoms with Gasteiger partial charge in [0, 0.05) is 12.6 Å². The number of halogens is 2. The first-order chi connectivity index (χ1) is 14.0. The smallest absolute Gasteiger partial charge is 0.387 e. The van der Waals surface area contributed by atoms with E-state index in [0.29, 0.717) is 24.5 Å². The Kier molecular flexibility index (Phi) is 8.45. The molecule has 0 aromatic heterocycles. The first-order valence-corrected chi connectivity index (χ1v) is 8.69. The number of carbonyl (C=O) groups is 1. The third-order valence-electron chi connectivity index (χ3n) is 3.77. The van der Waals surface area contributed by atoms with E-state index in [-0.39, 0.29) is 18.3 Å². The van der Waals surface area contributed by atoms with Gasteiger partial charge in [-0.1, -0.05) is 18.2 Å². The summed E-state index contributed by atoms with van der Waals surface area (Å²) in [6.07, 6.45) is 3.57. The van der Waals surface area contributed by atoms with Gasteiger partial charge in [-0.3, -0.25) is 4.79 Å². The normalized spacial score (nSPS) is 10.6. The van der Waals surface area contributed by atoms with E-state index in [4.69, 9.17) is 14.7 Å². The number of benzene rings is 2. The van der Waals surface area contributed by atoms with E-state index < -0.39 is 6.61 Å². The summed E-state index contributed by atoms with van der Waals surface area (Å²) in [5.74, 6) is 0.726. The van der Waals surface area contributed by atoms with Gasteiger partial charge < -0.3 is 19.5 Å². The number of hydrogen-bond donors (Lipinski definition) is 1. The van der Waals surface area contributed by atoms with Crippen molar-refractivity contribution in [3.8, 4) is 23.3 Å². The number of methoxy groups -OCH3 is 1. The van der Waals surface area contributed by atoms with Gasteiger partial charge in [-0.15, -0.1) is 0 Å². The molecule has 8 heteroatoms. The molecule has 0 saturated carbocycles. The van der Waals surface area contributed by atoms with Crippen LogP contribution in [-0.2, 0) is 11.2 Å². The van der Waals surface area contributed by atoms with Crippen LogP contribution < -0.4 is 19.5 Å². The third kappa shape index (κ3) is 7.50. The van der Waals surface area contributed by atoms with E-state index in [1.54, 1.807) is 36.4 Å². The minimum absolute atomic E-state index is 0.0874. The molecule has 0 spiro atoms. The summed E-state index contributed by atoms with van der Waals surface area (Å²) >= 11 is 0. The maximum atomic E-state index is 12.1. The molecule has 0 aliphatic heterocycles. The molecule has 0 radical (unpaired) electrons. The van der Waals surface area contributed by atoms with Crippen molar-refractivity contribution in [1.82, 2.24) is 5.32 Å². The van der Waals surface area contributed by atoms with E-state index >= 15 is 0 Å². The number of nitrogens with zero attached hydrogens (tertiary/aromatic N) is 1. The Labute approximate surface area is 167 Å². The largest absolute Gasteiger partial charge is 0.493 e. The van der Waals surface area contributed by atoms with Crippen molar-refractivity contribution in [2.45, 2.75) is 13.0 Å². The molecule has 2 aromatic carbocycles. The Hall–Kier alpha value is -3.60. The number of ether oxygens (including phenoxy) is 3. The second-order valence-electron chi connectivity index (χ2n) is 5.75. The molecule has 0 unspecified atom stereocenters. The van der Waals surface area contributed by atoms with Crippen molar-refractivity contribution in [3.63, 3.8) is 0 Å². The number of carbonyl (C=O) groups excluding carboxylic acids is 1. The van der Waals surface area contributed by atoms with Crippen LogP contribution in [0, 0.1) is 11.3 Å². The van der Waals surface area contributed by atoms with Crippen LogP contribution in [-0.4, -0.2) is 32.8 Å². The van der Waals surface area contributed by atoms with Gasteiger partial charge in [0.25, 0.3) is 0 Å². The van der Waals surface area contributed by atoms with Crippen LogP contribution in [0.2, 0.25) is 0 Å². The zero-order valence-electron chi connectivity index (χ0n) is 15.7. The molecule has 0 saturated heterocycles. The van der Waals surface area contributed by atoms with E-state index in [1.807, 2.05) is 6.07 Å². The molecular weight excluding hydrogens is 382 g/mol. The number of rotatable bonds is 10. The molecule has 6 nitrogen and oxygen atoms in total. The van der Waals surface area contributed by atoms with Gasteiger partial charge in [0.2, 0.25) is 5.91 Å². The highest BCUT2D eigenvalue weighted by atomic mass is 19.3. The summed E-state index contributed by atoms with van der Waals surface area (Å²) < 4.78 is 39.0. The maximum Gasteiger partial charge on any atom is 0.387 e.